The molecule has 0 saturated carbocycles. The lowest BCUT2D eigenvalue weighted by atomic mass is 9.98. The molecule has 0 aromatic carbocycles. The molecule has 1 rings (SSSR count). The first-order chi connectivity index (χ1) is 9.62. The Morgan fingerprint density at radius 2 is 2.00 bits per heavy atom. The highest BCUT2D eigenvalue weighted by Crippen LogP contribution is 2.20. The molecular weight excluding hydrogens is 284 g/mol. The van der Waals surface area contributed by atoms with Crippen LogP contribution in [0.1, 0.15) is 43.8 Å². The predicted octanol–water partition coefficient (Wildman–Crippen LogP) is 1.81. The summed E-state index contributed by atoms with van der Waals surface area (Å²) in [6, 6.07) is 0. The maximum Gasteiger partial charge on any atom is 0.333 e. The first kappa shape index (κ1) is 17.1. The van der Waals surface area contributed by atoms with E-state index >= 15 is 0 Å². The largest absolute Gasteiger partial charge is 0.480 e. The van der Waals surface area contributed by atoms with E-state index in [0.717, 1.165) is 0 Å². The first-order valence-corrected chi connectivity index (χ1v) is 6.49. The SMILES string of the molecule is CCC(C)(NC(=O)Cc1c(C)nn(C(F)F)c1C)C(=O)O. The summed E-state index contributed by atoms with van der Waals surface area (Å²) in [4.78, 5) is 23.1. The van der Waals surface area contributed by atoms with Gasteiger partial charge in [-0.1, -0.05) is 6.92 Å². The lowest BCUT2D eigenvalue weighted by Gasteiger charge is -2.24. The topological polar surface area (TPSA) is 84.2 Å². The van der Waals surface area contributed by atoms with Crippen LogP contribution in [0.15, 0.2) is 0 Å². The number of aryl methyl sites for hydroxylation is 1. The Morgan fingerprint density at radius 3 is 2.38 bits per heavy atom. The number of aromatic nitrogens is 2. The van der Waals surface area contributed by atoms with Gasteiger partial charge in [-0.3, -0.25) is 4.79 Å². The van der Waals surface area contributed by atoms with Crippen molar-refractivity contribution in [3.05, 3.63) is 17.0 Å². The molecule has 1 aromatic rings. The van der Waals surface area contributed by atoms with E-state index in [0.29, 0.717) is 15.9 Å². The average molecular weight is 303 g/mol. The van der Waals surface area contributed by atoms with E-state index in [4.69, 9.17) is 5.11 Å². The summed E-state index contributed by atoms with van der Waals surface area (Å²) < 4.78 is 26.0. The molecule has 118 valence electrons. The number of nitrogens with zero attached hydrogens (tertiary/aromatic N) is 2. The fourth-order valence-corrected chi connectivity index (χ4v) is 1.95. The van der Waals surface area contributed by atoms with Crippen molar-refractivity contribution in [3.63, 3.8) is 0 Å². The van der Waals surface area contributed by atoms with Crippen molar-refractivity contribution in [2.24, 2.45) is 0 Å². The van der Waals surface area contributed by atoms with Gasteiger partial charge in [-0.15, -0.1) is 0 Å². The van der Waals surface area contributed by atoms with Crippen molar-refractivity contribution >= 4 is 11.9 Å². The second-order valence-electron chi connectivity index (χ2n) is 5.09. The Balaban J connectivity index is 2.92. The number of alkyl halides is 2. The maximum absolute atomic E-state index is 12.7. The zero-order chi connectivity index (χ0) is 16.4. The lowest BCUT2D eigenvalue weighted by molar-refractivity contribution is -0.146. The number of amides is 1. The number of rotatable bonds is 6. The molecule has 1 aromatic heterocycles. The fraction of sp³-hybridized carbons (Fsp3) is 0.615. The van der Waals surface area contributed by atoms with Gasteiger partial charge in [-0.05, 0) is 27.2 Å². The van der Waals surface area contributed by atoms with Gasteiger partial charge in [-0.25, -0.2) is 9.48 Å². The van der Waals surface area contributed by atoms with Gasteiger partial charge < -0.3 is 10.4 Å². The van der Waals surface area contributed by atoms with Crippen molar-refractivity contribution in [1.82, 2.24) is 15.1 Å². The lowest BCUT2D eigenvalue weighted by Crippen LogP contribution is -2.52. The summed E-state index contributed by atoms with van der Waals surface area (Å²) in [6.07, 6.45) is 0.0234. The molecule has 0 saturated heterocycles. The van der Waals surface area contributed by atoms with Gasteiger partial charge in [0, 0.05) is 11.3 Å². The minimum Gasteiger partial charge on any atom is -0.480 e. The first-order valence-electron chi connectivity index (χ1n) is 6.49. The highest BCUT2D eigenvalue weighted by atomic mass is 19.3. The third-order valence-electron chi connectivity index (χ3n) is 3.59. The van der Waals surface area contributed by atoms with E-state index in [9.17, 15) is 18.4 Å². The second kappa shape index (κ2) is 6.19. The van der Waals surface area contributed by atoms with Crippen LogP contribution < -0.4 is 5.32 Å². The highest BCUT2D eigenvalue weighted by molar-refractivity contribution is 5.87. The maximum atomic E-state index is 12.7. The number of aliphatic carboxylic acids is 1. The van der Waals surface area contributed by atoms with Crippen molar-refractivity contribution in [2.75, 3.05) is 0 Å². The summed E-state index contributed by atoms with van der Waals surface area (Å²) in [5, 5.41) is 15.2. The van der Waals surface area contributed by atoms with E-state index in [-0.39, 0.29) is 18.5 Å². The van der Waals surface area contributed by atoms with Gasteiger partial charge in [0.05, 0.1) is 12.1 Å². The van der Waals surface area contributed by atoms with Crippen LogP contribution in [0.3, 0.4) is 0 Å². The van der Waals surface area contributed by atoms with E-state index < -0.39 is 24.0 Å². The Labute approximate surface area is 121 Å². The third-order valence-corrected chi connectivity index (χ3v) is 3.59. The van der Waals surface area contributed by atoms with Gasteiger partial charge in [0.15, 0.2) is 0 Å². The van der Waals surface area contributed by atoms with Gasteiger partial charge in [0.1, 0.15) is 5.54 Å². The summed E-state index contributed by atoms with van der Waals surface area (Å²) in [5.74, 6) is -1.68. The molecule has 0 aliphatic rings. The Bertz CT molecular complexity index is 557. The molecule has 21 heavy (non-hydrogen) atoms. The Kier molecular flexibility index (Phi) is 5.03. The molecule has 0 radical (unpaired) electrons. The van der Waals surface area contributed by atoms with Crippen molar-refractivity contribution in [2.45, 2.75) is 52.6 Å². The van der Waals surface area contributed by atoms with E-state index in [1.54, 1.807) is 6.92 Å². The average Bonchev–Trinajstić information content (AvgIpc) is 2.66. The smallest absolute Gasteiger partial charge is 0.333 e. The van der Waals surface area contributed by atoms with Gasteiger partial charge in [0.25, 0.3) is 0 Å². The van der Waals surface area contributed by atoms with Crippen LogP contribution >= 0.6 is 0 Å². The normalized spacial score (nSPS) is 14.0. The predicted molar refractivity (Wildman–Crippen MR) is 71.1 cm³/mol. The van der Waals surface area contributed by atoms with Crippen LogP contribution in [0.4, 0.5) is 8.78 Å². The van der Waals surface area contributed by atoms with Crippen molar-refractivity contribution < 1.29 is 23.5 Å². The monoisotopic (exact) mass is 303 g/mol. The molecule has 1 atom stereocenters. The summed E-state index contributed by atoms with van der Waals surface area (Å²) in [5.41, 5.74) is -0.461. The molecule has 1 unspecified atom stereocenters. The zero-order valence-corrected chi connectivity index (χ0v) is 12.4. The number of nitrogens with one attached hydrogen (secondary N) is 1. The Morgan fingerprint density at radius 1 is 1.43 bits per heavy atom. The molecule has 2 N–H and O–H groups in total. The fourth-order valence-electron chi connectivity index (χ4n) is 1.95. The molecule has 1 heterocycles. The number of hydrogen-bond acceptors (Lipinski definition) is 3. The van der Waals surface area contributed by atoms with Crippen LogP contribution in [0, 0.1) is 13.8 Å². The molecule has 0 fully saturated rings. The summed E-state index contributed by atoms with van der Waals surface area (Å²) >= 11 is 0. The number of carboxylic acids is 1. The molecule has 8 heteroatoms. The number of hydrogen-bond donors (Lipinski definition) is 2. The molecule has 6 nitrogen and oxygen atoms in total. The Hall–Kier alpha value is -1.99. The van der Waals surface area contributed by atoms with E-state index in [1.807, 2.05) is 0 Å². The number of halogens is 2. The standard InChI is InChI=1S/C13H19F2N3O3/c1-5-13(4,11(20)21)16-10(19)6-9-7(2)17-18(8(9)3)12(14)15/h12H,5-6H2,1-4H3,(H,16,19)(H,20,21). The number of carbonyl (C=O) groups is 2. The van der Waals surface area contributed by atoms with Gasteiger partial charge >= 0.3 is 12.5 Å². The van der Waals surface area contributed by atoms with Crippen LogP contribution in [-0.4, -0.2) is 32.3 Å². The minimum absolute atomic E-state index is 0.187. The van der Waals surface area contributed by atoms with Crippen molar-refractivity contribution in [1.29, 1.82) is 0 Å². The van der Waals surface area contributed by atoms with E-state index in [1.165, 1.54) is 20.8 Å². The van der Waals surface area contributed by atoms with Gasteiger partial charge in [0.2, 0.25) is 5.91 Å². The molecule has 0 bridgehead atoms. The van der Waals surface area contributed by atoms with Crippen LogP contribution in [-0.2, 0) is 16.0 Å². The van der Waals surface area contributed by atoms with Crippen LogP contribution in [0.5, 0.6) is 0 Å². The molecule has 0 aliphatic carbocycles. The van der Waals surface area contributed by atoms with E-state index in [2.05, 4.69) is 10.4 Å². The molecule has 0 aliphatic heterocycles. The third kappa shape index (κ3) is 3.56. The second-order valence-corrected chi connectivity index (χ2v) is 5.09. The molecule has 1 amide bonds. The van der Waals surface area contributed by atoms with Crippen LogP contribution in [0.25, 0.3) is 0 Å². The highest BCUT2D eigenvalue weighted by Gasteiger charge is 2.33. The van der Waals surface area contributed by atoms with Gasteiger partial charge in [-0.2, -0.15) is 13.9 Å². The van der Waals surface area contributed by atoms with Crippen molar-refractivity contribution in [3.8, 4) is 0 Å². The molecule has 0 spiro atoms. The number of carbonyl (C=O) groups excluding carboxylic acids is 1. The quantitative estimate of drug-likeness (QED) is 0.839. The zero-order valence-electron chi connectivity index (χ0n) is 12.4. The number of carboxylic acid groups (broad SMARTS) is 1. The summed E-state index contributed by atoms with van der Waals surface area (Å²) in [7, 11) is 0. The van der Waals surface area contributed by atoms with Crippen LogP contribution in [0.2, 0.25) is 0 Å². The molecular formula is C13H19F2N3O3. The summed E-state index contributed by atoms with van der Waals surface area (Å²) in [6.45, 7) is 3.24. The minimum atomic E-state index is -2.78.